The van der Waals surface area contributed by atoms with Gasteiger partial charge in [-0.1, -0.05) is 23.4 Å². The van der Waals surface area contributed by atoms with Gasteiger partial charge in [0.2, 0.25) is 0 Å². The molecule has 13 heavy (non-hydrogen) atoms. The normalized spacial score (nSPS) is 9.08. The standard InChI is InChI=1S/C9H9ClN2O/c10-9-8(11)5-7(6-12-9)3-1-2-4-13/h5-6,13H,2,4,11H2. The van der Waals surface area contributed by atoms with E-state index >= 15 is 0 Å². The Morgan fingerprint density at radius 3 is 3.00 bits per heavy atom. The topological polar surface area (TPSA) is 59.1 Å². The molecule has 0 aliphatic heterocycles. The van der Waals surface area contributed by atoms with Crippen molar-refractivity contribution in [2.24, 2.45) is 0 Å². The van der Waals surface area contributed by atoms with E-state index in [1.54, 1.807) is 12.3 Å². The molecule has 3 nitrogen and oxygen atoms in total. The fourth-order valence-electron chi connectivity index (χ4n) is 0.754. The van der Waals surface area contributed by atoms with Crippen LogP contribution < -0.4 is 5.73 Å². The molecule has 1 heterocycles. The van der Waals surface area contributed by atoms with Crippen LogP contribution in [0.4, 0.5) is 5.69 Å². The van der Waals surface area contributed by atoms with E-state index in [1.807, 2.05) is 0 Å². The number of hydrogen-bond donors (Lipinski definition) is 2. The second-order valence-corrected chi connectivity index (χ2v) is 2.74. The molecule has 0 aliphatic carbocycles. The molecule has 0 spiro atoms. The number of anilines is 1. The van der Waals surface area contributed by atoms with Crippen LogP contribution in [0.3, 0.4) is 0 Å². The summed E-state index contributed by atoms with van der Waals surface area (Å²) in [5.74, 6) is 5.56. The minimum atomic E-state index is 0.0590. The lowest BCUT2D eigenvalue weighted by Gasteiger charge is -1.95. The summed E-state index contributed by atoms with van der Waals surface area (Å²) in [7, 11) is 0. The Kier molecular flexibility index (Phi) is 3.56. The number of nitrogens with zero attached hydrogens (tertiary/aromatic N) is 1. The van der Waals surface area contributed by atoms with E-state index in [9.17, 15) is 0 Å². The number of pyridine rings is 1. The quantitative estimate of drug-likeness (QED) is 0.522. The van der Waals surface area contributed by atoms with E-state index < -0.39 is 0 Å². The van der Waals surface area contributed by atoms with Crippen LogP contribution in [-0.4, -0.2) is 16.7 Å². The molecule has 0 amide bonds. The highest BCUT2D eigenvalue weighted by Gasteiger charge is 1.96. The van der Waals surface area contributed by atoms with E-state index in [1.165, 1.54) is 0 Å². The van der Waals surface area contributed by atoms with Crippen LogP contribution >= 0.6 is 11.6 Å². The van der Waals surface area contributed by atoms with Crippen molar-refractivity contribution in [2.45, 2.75) is 6.42 Å². The third-order valence-corrected chi connectivity index (χ3v) is 1.65. The maximum atomic E-state index is 8.48. The maximum Gasteiger partial charge on any atom is 0.151 e. The molecule has 0 unspecified atom stereocenters. The van der Waals surface area contributed by atoms with Gasteiger partial charge in [0, 0.05) is 18.2 Å². The third-order valence-electron chi connectivity index (χ3n) is 1.34. The molecule has 0 saturated carbocycles. The number of aromatic nitrogens is 1. The van der Waals surface area contributed by atoms with E-state index in [2.05, 4.69) is 16.8 Å². The fourth-order valence-corrected chi connectivity index (χ4v) is 0.857. The largest absolute Gasteiger partial charge is 0.396 e. The molecule has 0 radical (unpaired) electrons. The van der Waals surface area contributed by atoms with Crippen molar-refractivity contribution in [1.29, 1.82) is 0 Å². The first-order valence-corrected chi connectivity index (χ1v) is 4.12. The van der Waals surface area contributed by atoms with Crippen molar-refractivity contribution >= 4 is 17.3 Å². The second kappa shape index (κ2) is 4.70. The molecule has 1 rings (SSSR count). The van der Waals surface area contributed by atoms with Crippen molar-refractivity contribution < 1.29 is 5.11 Å². The number of rotatable bonds is 1. The second-order valence-electron chi connectivity index (χ2n) is 2.38. The molecule has 0 aromatic carbocycles. The Morgan fingerprint density at radius 1 is 1.62 bits per heavy atom. The molecule has 0 aliphatic rings. The Hall–Kier alpha value is -1.24. The summed E-state index contributed by atoms with van der Waals surface area (Å²) in [6.45, 7) is 0.0590. The Labute approximate surface area is 81.5 Å². The van der Waals surface area contributed by atoms with Crippen molar-refractivity contribution in [3.8, 4) is 11.8 Å². The number of aliphatic hydroxyl groups is 1. The third kappa shape index (κ3) is 2.94. The van der Waals surface area contributed by atoms with Crippen LogP contribution in [0, 0.1) is 11.8 Å². The smallest absolute Gasteiger partial charge is 0.151 e. The zero-order valence-electron chi connectivity index (χ0n) is 6.92. The molecule has 0 atom stereocenters. The van der Waals surface area contributed by atoms with Crippen LogP contribution in [0.25, 0.3) is 0 Å². The van der Waals surface area contributed by atoms with Gasteiger partial charge >= 0.3 is 0 Å². The average Bonchev–Trinajstić information content (AvgIpc) is 2.12. The van der Waals surface area contributed by atoms with E-state index in [0.29, 0.717) is 17.7 Å². The van der Waals surface area contributed by atoms with Crippen molar-refractivity contribution in [3.05, 3.63) is 23.0 Å². The van der Waals surface area contributed by atoms with Gasteiger partial charge < -0.3 is 10.8 Å². The van der Waals surface area contributed by atoms with Crippen LogP contribution in [0.2, 0.25) is 5.15 Å². The number of halogens is 1. The van der Waals surface area contributed by atoms with Crippen LogP contribution in [0.5, 0.6) is 0 Å². The fraction of sp³-hybridized carbons (Fsp3) is 0.222. The summed E-state index contributed by atoms with van der Waals surface area (Å²) in [5, 5.41) is 8.76. The zero-order chi connectivity index (χ0) is 9.68. The molecule has 3 N–H and O–H groups in total. The Bertz CT molecular complexity index is 354. The van der Waals surface area contributed by atoms with Gasteiger partial charge in [-0.05, 0) is 6.07 Å². The molecule has 0 fully saturated rings. The molecule has 1 aromatic heterocycles. The Morgan fingerprint density at radius 2 is 2.38 bits per heavy atom. The van der Waals surface area contributed by atoms with Gasteiger partial charge in [0.05, 0.1) is 12.3 Å². The minimum Gasteiger partial charge on any atom is -0.396 e. The predicted molar refractivity (Wildman–Crippen MR) is 52.2 cm³/mol. The lowest BCUT2D eigenvalue weighted by atomic mass is 10.2. The number of nitrogens with two attached hydrogens (primary N) is 1. The molecule has 68 valence electrons. The summed E-state index contributed by atoms with van der Waals surface area (Å²) < 4.78 is 0. The first-order valence-electron chi connectivity index (χ1n) is 3.75. The minimum absolute atomic E-state index is 0.0590. The highest BCUT2D eigenvalue weighted by molar-refractivity contribution is 6.31. The van der Waals surface area contributed by atoms with E-state index in [-0.39, 0.29) is 11.8 Å². The first kappa shape index (κ1) is 9.85. The maximum absolute atomic E-state index is 8.48. The molecule has 0 saturated heterocycles. The average molecular weight is 197 g/mol. The van der Waals surface area contributed by atoms with Gasteiger partial charge in [-0.2, -0.15) is 0 Å². The summed E-state index contributed by atoms with van der Waals surface area (Å²) in [4.78, 5) is 3.83. The summed E-state index contributed by atoms with van der Waals surface area (Å²) in [5.41, 5.74) is 6.63. The van der Waals surface area contributed by atoms with Gasteiger partial charge in [-0.3, -0.25) is 0 Å². The molecule has 0 bridgehead atoms. The monoisotopic (exact) mass is 196 g/mol. The van der Waals surface area contributed by atoms with Gasteiger partial charge in [0.15, 0.2) is 5.15 Å². The zero-order valence-corrected chi connectivity index (χ0v) is 7.67. The van der Waals surface area contributed by atoms with E-state index in [4.69, 9.17) is 22.4 Å². The lowest BCUT2D eigenvalue weighted by Crippen LogP contribution is -1.90. The SMILES string of the molecule is Nc1cc(C#CCCO)cnc1Cl. The van der Waals surface area contributed by atoms with Crippen molar-refractivity contribution in [3.63, 3.8) is 0 Å². The molecular formula is C9H9ClN2O. The van der Waals surface area contributed by atoms with Crippen LogP contribution in [-0.2, 0) is 0 Å². The van der Waals surface area contributed by atoms with Gasteiger partial charge in [0.25, 0.3) is 0 Å². The first-order chi connectivity index (χ1) is 6.24. The highest BCUT2D eigenvalue weighted by Crippen LogP contribution is 2.15. The summed E-state index contributed by atoms with van der Waals surface area (Å²) >= 11 is 5.62. The Balaban J connectivity index is 2.81. The highest BCUT2D eigenvalue weighted by atomic mass is 35.5. The summed E-state index contributed by atoms with van der Waals surface area (Å²) in [6, 6.07) is 1.65. The van der Waals surface area contributed by atoms with Gasteiger partial charge in [-0.25, -0.2) is 4.98 Å². The number of hydrogen-bond acceptors (Lipinski definition) is 3. The number of nitrogen functional groups attached to an aromatic ring is 1. The van der Waals surface area contributed by atoms with Gasteiger partial charge in [0.1, 0.15) is 0 Å². The van der Waals surface area contributed by atoms with Crippen molar-refractivity contribution in [2.75, 3.05) is 12.3 Å². The molecule has 1 aromatic rings. The van der Waals surface area contributed by atoms with Gasteiger partial charge in [-0.15, -0.1) is 0 Å². The number of aliphatic hydroxyl groups excluding tert-OH is 1. The van der Waals surface area contributed by atoms with E-state index in [0.717, 1.165) is 0 Å². The molecular weight excluding hydrogens is 188 g/mol. The van der Waals surface area contributed by atoms with Crippen LogP contribution in [0.1, 0.15) is 12.0 Å². The van der Waals surface area contributed by atoms with Crippen LogP contribution in [0.15, 0.2) is 12.3 Å². The summed E-state index contributed by atoms with van der Waals surface area (Å²) in [6.07, 6.45) is 1.99. The van der Waals surface area contributed by atoms with Crippen molar-refractivity contribution in [1.82, 2.24) is 4.98 Å². The lowest BCUT2D eigenvalue weighted by molar-refractivity contribution is 0.305. The predicted octanol–water partition coefficient (Wildman–Crippen LogP) is 1.05. The molecule has 4 heteroatoms.